The molecular formula is C5H9O2. The summed E-state index contributed by atoms with van der Waals surface area (Å²) in [5.74, 6) is 0. The summed E-state index contributed by atoms with van der Waals surface area (Å²) in [6, 6.07) is 0. The lowest BCUT2D eigenvalue weighted by atomic mass is 10.5. The average molecular weight is 101 g/mol. The third-order valence-electron chi connectivity index (χ3n) is 0.533. The van der Waals surface area contributed by atoms with E-state index in [1.165, 1.54) is 0 Å². The van der Waals surface area contributed by atoms with Crippen molar-refractivity contribution < 1.29 is 9.53 Å². The lowest BCUT2D eigenvalue weighted by Gasteiger charge is -1.98. The van der Waals surface area contributed by atoms with Gasteiger partial charge >= 0.3 is 0 Å². The van der Waals surface area contributed by atoms with E-state index in [0.717, 1.165) is 0 Å². The van der Waals surface area contributed by atoms with Crippen molar-refractivity contribution in [2.45, 2.75) is 13.0 Å². The van der Waals surface area contributed by atoms with Gasteiger partial charge in [-0.05, 0) is 13.8 Å². The minimum absolute atomic E-state index is 0.481. The number of hydrogen-bond acceptors (Lipinski definition) is 2. The smallest absolute Gasteiger partial charge is 0.148 e. The zero-order valence-electron chi connectivity index (χ0n) is 4.39. The topological polar surface area (TPSA) is 26.3 Å². The van der Waals surface area contributed by atoms with Gasteiger partial charge in [-0.15, -0.1) is 0 Å². The first-order chi connectivity index (χ1) is 3.31. The van der Waals surface area contributed by atoms with Crippen molar-refractivity contribution in [1.29, 1.82) is 0 Å². The van der Waals surface area contributed by atoms with E-state index in [0.29, 0.717) is 12.9 Å². The number of carbonyl (C=O) groups excluding carboxylic acids is 1. The maximum atomic E-state index is 9.71. The van der Waals surface area contributed by atoms with Gasteiger partial charge in [-0.2, -0.15) is 0 Å². The number of rotatable bonds is 3. The first-order valence-corrected chi connectivity index (χ1v) is 2.21. The molecule has 0 fully saturated rings. The highest BCUT2D eigenvalue weighted by Crippen LogP contribution is 1.80. The molecule has 2 heteroatoms. The predicted molar refractivity (Wildman–Crippen MR) is 26.8 cm³/mol. The second-order valence-electron chi connectivity index (χ2n) is 1.13. The minimum atomic E-state index is -0.481. The molecule has 0 spiro atoms. The van der Waals surface area contributed by atoms with E-state index in [9.17, 15) is 4.79 Å². The fourth-order valence-electron chi connectivity index (χ4n) is 0.253. The summed E-state index contributed by atoms with van der Waals surface area (Å²) in [4.78, 5) is 9.71. The number of aldehydes is 1. The summed E-state index contributed by atoms with van der Waals surface area (Å²) in [6.45, 7) is 5.73. The Kier molecular flexibility index (Phi) is 3.61. The number of carbonyl (C=O) groups is 1. The molecule has 0 aromatic rings. The third kappa shape index (κ3) is 3.46. The van der Waals surface area contributed by atoms with Crippen LogP contribution >= 0.6 is 0 Å². The molecule has 0 aliphatic rings. The minimum Gasteiger partial charge on any atom is -0.371 e. The highest BCUT2D eigenvalue weighted by molar-refractivity contribution is 5.56. The SMILES string of the molecule is [CH2]C(C=O)OCC. The molecule has 0 aromatic heterocycles. The Labute approximate surface area is 43.5 Å². The summed E-state index contributed by atoms with van der Waals surface area (Å²) in [6.07, 6.45) is 0.189. The lowest BCUT2D eigenvalue weighted by Crippen LogP contribution is -2.08. The molecule has 0 heterocycles. The van der Waals surface area contributed by atoms with E-state index >= 15 is 0 Å². The maximum absolute atomic E-state index is 9.71. The second-order valence-corrected chi connectivity index (χ2v) is 1.13. The molecular weight excluding hydrogens is 92.1 g/mol. The van der Waals surface area contributed by atoms with Gasteiger partial charge in [0.05, 0.1) is 0 Å². The van der Waals surface area contributed by atoms with Crippen LogP contribution < -0.4 is 0 Å². The van der Waals surface area contributed by atoms with Crippen LogP contribution in [0.4, 0.5) is 0 Å². The van der Waals surface area contributed by atoms with Crippen LogP contribution in [0, 0.1) is 6.92 Å². The van der Waals surface area contributed by atoms with Gasteiger partial charge in [-0.25, -0.2) is 0 Å². The highest BCUT2D eigenvalue weighted by Gasteiger charge is 1.92. The Bertz CT molecular complexity index is 52.0. The van der Waals surface area contributed by atoms with E-state index in [1.807, 2.05) is 6.92 Å². The van der Waals surface area contributed by atoms with E-state index in [2.05, 4.69) is 6.92 Å². The second kappa shape index (κ2) is 3.81. The van der Waals surface area contributed by atoms with Crippen molar-refractivity contribution in [1.82, 2.24) is 0 Å². The molecule has 1 atom stereocenters. The van der Waals surface area contributed by atoms with Crippen LogP contribution in [-0.4, -0.2) is 19.0 Å². The fraction of sp³-hybridized carbons (Fsp3) is 0.600. The monoisotopic (exact) mass is 101 g/mol. The van der Waals surface area contributed by atoms with Crippen LogP contribution in [0.2, 0.25) is 0 Å². The van der Waals surface area contributed by atoms with Crippen LogP contribution in [0.1, 0.15) is 6.92 Å². The number of ether oxygens (including phenoxy) is 1. The van der Waals surface area contributed by atoms with E-state index < -0.39 is 6.10 Å². The quantitative estimate of drug-likeness (QED) is 0.482. The Balaban J connectivity index is 2.98. The van der Waals surface area contributed by atoms with Crippen molar-refractivity contribution >= 4 is 6.29 Å². The van der Waals surface area contributed by atoms with Gasteiger partial charge in [-0.1, -0.05) is 0 Å². The zero-order chi connectivity index (χ0) is 5.70. The van der Waals surface area contributed by atoms with Crippen molar-refractivity contribution in [3.05, 3.63) is 6.92 Å². The Morgan fingerprint density at radius 1 is 2.00 bits per heavy atom. The van der Waals surface area contributed by atoms with Crippen molar-refractivity contribution in [2.24, 2.45) is 0 Å². The molecule has 0 saturated heterocycles. The maximum Gasteiger partial charge on any atom is 0.148 e. The number of hydrogen-bond donors (Lipinski definition) is 0. The predicted octanol–water partition coefficient (Wildman–Crippen LogP) is 0.424. The van der Waals surface area contributed by atoms with E-state index in [1.54, 1.807) is 0 Å². The summed E-state index contributed by atoms with van der Waals surface area (Å²) >= 11 is 0. The summed E-state index contributed by atoms with van der Waals surface area (Å²) in [7, 11) is 0. The molecule has 0 amide bonds. The van der Waals surface area contributed by atoms with Crippen molar-refractivity contribution in [3.63, 3.8) is 0 Å². The van der Waals surface area contributed by atoms with Crippen molar-refractivity contribution in [2.75, 3.05) is 6.61 Å². The molecule has 0 saturated carbocycles. The van der Waals surface area contributed by atoms with E-state index in [-0.39, 0.29) is 0 Å². The molecule has 0 N–H and O–H groups in total. The van der Waals surface area contributed by atoms with Crippen molar-refractivity contribution in [3.8, 4) is 0 Å². The summed E-state index contributed by atoms with van der Waals surface area (Å²) in [5, 5.41) is 0. The third-order valence-corrected chi connectivity index (χ3v) is 0.533. The molecule has 1 unspecified atom stereocenters. The molecule has 1 radical (unpaired) electrons. The van der Waals surface area contributed by atoms with Gasteiger partial charge in [0.2, 0.25) is 0 Å². The van der Waals surface area contributed by atoms with Crippen LogP contribution in [0.25, 0.3) is 0 Å². The van der Waals surface area contributed by atoms with Crippen LogP contribution in [0.15, 0.2) is 0 Å². The first-order valence-electron chi connectivity index (χ1n) is 2.21. The highest BCUT2D eigenvalue weighted by atomic mass is 16.5. The van der Waals surface area contributed by atoms with Gasteiger partial charge in [0.15, 0.2) is 0 Å². The normalized spacial score (nSPS) is 13.4. The first kappa shape index (κ1) is 6.63. The van der Waals surface area contributed by atoms with Crippen LogP contribution in [0.3, 0.4) is 0 Å². The summed E-state index contributed by atoms with van der Waals surface area (Å²) < 4.78 is 4.71. The van der Waals surface area contributed by atoms with Crippen LogP contribution in [-0.2, 0) is 9.53 Å². The van der Waals surface area contributed by atoms with Gasteiger partial charge in [0.1, 0.15) is 12.4 Å². The largest absolute Gasteiger partial charge is 0.371 e. The molecule has 0 aromatic carbocycles. The zero-order valence-corrected chi connectivity index (χ0v) is 4.39. The van der Waals surface area contributed by atoms with Gasteiger partial charge in [-0.3, -0.25) is 0 Å². The molecule has 0 aliphatic heterocycles. The average Bonchev–Trinajstić information content (AvgIpc) is 1.68. The molecule has 41 valence electrons. The van der Waals surface area contributed by atoms with Gasteiger partial charge in [0, 0.05) is 6.61 Å². The van der Waals surface area contributed by atoms with Gasteiger partial charge < -0.3 is 9.53 Å². The Morgan fingerprint density at radius 2 is 2.57 bits per heavy atom. The lowest BCUT2D eigenvalue weighted by molar-refractivity contribution is -0.115. The fourth-order valence-corrected chi connectivity index (χ4v) is 0.253. The van der Waals surface area contributed by atoms with Crippen LogP contribution in [0.5, 0.6) is 0 Å². The van der Waals surface area contributed by atoms with E-state index in [4.69, 9.17) is 4.74 Å². The standard InChI is InChI=1S/C5H9O2/c1-3-7-5(2)4-6/h4-5H,2-3H2,1H3. The Morgan fingerprint density at radius 3 is 2.71 bits per heavy atom. The van der Waals surface area contributed by atoms with Gasteiger partial charge in [0.25, 0.3) is 0 Å². The Hall–Kier alpha value is -0.370. The molecule has 0 aliphatic carbocycles. The molecule has 0 rings (SSSR count). The molecule has 7 heavy (non-hydrogen) atoms. The summed E-state index contributed by atoms with van der Waals surface area (Å²) in [5.41, 5.74) is 0. The molecule has 0 bridgehead atoms. The molecule has 2 nitrogen and oxygen atoms in total.